The highest BCUT2D eigenvalue weighted by Crippen LogP contribution is 2.27. The lowest BCUT2D eigenvalue weighted by Gasteiger charge is -2.16. The van der Waals surface area contributed by atoms with Crippen molar-refractivity contribution >= 4 is 22.6 Å². The van der Waals surface area contributed by atoms with Crippen molar-refractivity contribution in [2.24, 2.45) is 5.73 Å². The van der Waals surface area contributed by atoms with E-state index in [4.69, 9.17) is 17.3 Å². The maximum Gasteiger partial charge on any atom is 0.129 e. The van der Waals surface area contributed by atoms with Gasteiger partial charge in [0.1, 0.15) is 5.82 Å². The van der Waals surface area contributed by atoms with Crippen molar-refractivity contribution in [3.63, 3.8) is 0 Å². The van der Waals surface area contributed by atoms with Crippen molar-refractivity contribution in [2.45, 2.75) is 39.0 Å². The van der Waals surface area contributed by atoms with Crippen LogP contribution in [0.15, 0.2) is 18.2 Å². The van der Waals surface area contributed by atoms with Crippen LogP contribution in [0.1, 0.15) is 32.1 Å². The zero-order valence-electron chi connectivity index (χ0n) is 10.6. The third kappa shape index (κ3) is 2.23. The van der Waals surface area contributed by atoms with Crippen molar-refractivity contribution < 1.29 is 5.11 Å². The van der Waals surface area contributed by atoms with Crippen LogP contribution in [-0.4, -0.2) is 20.8 Å². The number of rotatable bonds is 4. The number of nitrogens with two attached hydrogens (primary N) is 1. The van der Waals surface area contributed by atoms with E-state index in [2.05, 4.69) is 11.9 Å². The molecule has 2 unspecified atom stereocenters. The number of imidazole rings is 1. The Hall–Kier alpha value is -1.10. The summed E-state index contributed by atoms with van der Waals surface area (Å²) >= 11 is 6.23. The van der Waals surface area contributed by atoms with Crippen LogP contribution < -0.4 is 5.73 Å². The first-order valence-electron chi connectivity index (χ1n) is 6.14. The average Bonchev–Trinajstić information content (AvgIpc) is 2.69. The van der Waals surface area contributed by atoms with Crippen LogP contribution in [0.3, 0.4) is 0 Å². The topological polar surface area (TPSA) is 64.1 Å². The zero-order chi connectivity index (χ0) is 13.3. The van der Waals surface area contributed by atoms with Gasteiger partial charge in [0.05, 0.1) is 28.2 Å². The molecule has 0 spiro atoms. The summed E-state index contributed by atoms with van der Waals surface area (Å²) in [6.45, 7) is 4.54. The van der Waals surface area contributed by atoms with Gasteiger partial charge < -0.3 is 15.4 Å². The molecule has 2 rings (SSSR count). The smallest absolute Gasteiger partial charge is 0.129 e. The molecule has 1 aromatic heterocycles. The molecule has 0 aliphatic heterocycles. The maximum atomic E-state index is 9.65. The van der Waals surface area contributed by atoms with Crippen LogP contribution >= 0.6 is 11.6 Å². The molecule has 0 aliphatic carbocycles. The Kier molecular flexibility index (Phi) is 3.90. The van der Waals surface area contributed by atoms with Gasteiger partial charge in [-0.2, -0.15) is 0 Å². The molecule has 4 nitrogen and oxygen atoms in total. The van der Waals surface area contributed by atoms with E-state index in [1.54, 1.807) is 6.92 Å². The summed E-state index contributed by atoms with van der Waals surface area (Å²) in [4.78, 5) is 4.51. The first-order chi connectivity index (χ1) is 8.56. The number of hydrogen-bond acceptors (Lipinski definition) is 3. The molecule has 0 fully saturated rings. The van der Waals surface area contributed by atoms with E-state index >= 15 is 0 Å². The Bertz CT molecular complexity index is 550. The highest BCUT2D eigenvalue weighted by Gasteiger charge is 2.21. The number of fused-ring (bicyclic) bond motifs is 1. The Morgan fingerprint density at radius 3 is 2.83 bits per heavy atom. The lowest BCUT2D eigenvalue weighted by molar-refractivity contribution is 0.159. The van der Waals surface area contributed by atoms with Crippen molar-refractivity contribution in [1.29, 1.82) is 0 Å². The molecule has 0 radical (unpaired) electrons. The number of hydrogen-bond donors (Lipinski definition) is 2. The Morgan fingerprint density at radius 2 is 2.22 bits per heavy atom. The number of aromatic nitrogens is 2. The average molecular weight is 268 g/mol. The molecule has 1 aromatic carbocycles. The second-order valence-corrected chi connectivity index (χ2v) is 4.90. The van der Waals surface area contributed by atoms with E-state index in [9.17, 15) is 5.11 Å². The highest BCUT2D eigenvalue weighted by molar-refractivity contribution is 6.35. The minimum absolute atomic E-state index is 0.500. The van der Waals surface area contributed by atoms with Gasteiger partial charge >= 0.3 is 0 Å². The Balaban J connectivity index is 2.65. The monoisotopic (exact) mass is 267 g/mol. The molecule has 5 heteroatoms. The minimum atomic E-state index is -0.642. The van der Waals surface area contributed by atoms with Gasteiger partial charge in [0.15, 0.2) is 0 Å². The molecule has 2 aromatic rings. The van der Waals surface area contributed by atoms with Crippen molar-refractivity contribution in [3.05, 3.63) is 29.0 Å². The maximum absolute atomic E-state index is 9.65. The van der Waals surface area contributed by atoms with Gasteiger partial charge in [-0.25, -0.2) is 4.98 Å². The van der Waals surface area contributed by atoms with E-state index in [1.165, 1.54) is 0 Å². The fourth-order valence-corrected chi connectivity index (χ4v) is 2.35. The molecule has 3 N–H and O–H groups in total. The first kappa shape index (κ1) is 13.3. The Labute approximate surface area is 111 Å². The van der Waals surface area contributed by atoms with E-state index in [-0.39, 0.29) is 0 Å². The summed E-state index contributed by atoms with van der Waals surface area (Å²) < 4.78 is 2.01. The number of aryl methyl sites for hydroxylation is 1. The van der Waals surface area contributed by atoms with E-state index in [0.717, 1.165) is 24.0 Å². The summed E-state index contributed by atoms with van der Waals surface area (Å²) in [5.41, 5.74) is 7.72. The number of nitrogens with zero attached hydrogens (tertiary/aromatic N) is 2. The summed E-state index contributed by atoms with van der Waals surface area (Å²) in [5, 5.41) is 10.3. The summed E-state index contributed by atoms with van der Waals surface area (Å²) in [5.74, 6) is 0.690. The van der Waals surface area contributed by atoms with E-state index in [1.807, 2.05) is 22.8 Å². The largest absolute Gasteiger partial charge is 0.391 e. The molecule has 1 heterocycles. The van der Waals surface area contributed by atoms with Gasteiger partial charge in [-0.15, -0.1) is 0 Å². The van der Waals surface area contributed by atoms with Crippen LogP contribution in [-0.2, 0) is 6.54 Å². The minimum Gasteiger partial charge on any atom is -0.391 e. The van der Waals surface area contributed by atoms with Crippen molar-refractivity contribution in [3.8, 4) is 0 Å². The lowest BCUT2D eigenvalue weighted by atomic mass is 10.2. The third-order valence-electron chi connectivity index (χ3n) is 3.01. The van der Waals surface area contributed by atoms with Crippen molar-refractivity contribution in [1.82, 2.24) is 9.55 Å². The first-order valence-corrected chi connectivity index (χ1v) is 6.52. The van der Waals surface area contributed by atoms with Gasteiger partial charge in [-0.3, -0.25) is 0 Å². The molecule has 98 valence electrons. The van der Waals surface area contributed by atoms with Gasteiger partial charge in [-0.05, 0) is 25.5 Å². The third-order valence-corrected chi connectivity index (χ3v) is 3.32. The van der Waals surface area contributed by atoms with Crippen LogP contribution in [0.25, 0.3) is 11.0 Å². The molecular formula is C13H18ClN3O. The van der Waals surface area contributed by atoms with Gasteiger partial charge in [0.25, 0.3) is 0 Å². The number of para-hydroxylation sites is 1. The molecule has 0 bridgehead atoms. The van der Waals surface area contributed by atoms with Crippen LogP contribution in [0.2, 0.25) is 5.02 Å². The lowest BCUT2D eigenvalue weighted by Crippen LogP contribution is -2.26. The van der Waals surface area contributed by atoms with Gasteiger partial charge in [-0.1, -0.05) is 24.6 Å². The molecular weight excluding hydrogens is 250 g/mol. The molecule has 0 aliphatic rings. The summed E-state index contributed by atoms with van der Waals surface area (Å²) in [7, 11) is 0. The number of benzene rings is 1. The van der Waals surface area contributed by atoms with Gasteiger partial charge in [0, 0.05) is 6.54 Å². The molecule has 0 amide bonds. The SMILES string of the molecule is CCCn1c(C(N)C(C)O)nc2cccc(Cl)c21. The van der Waals surface area contributed by atoms with E-state index < -0.39 is 12.1 Å². The Morgan fingerprint density at radius 1 is 1.50 bits per heavy atom. The standard InChI is InChI=1S/C13H18ClN3O/c1-3-7-17-12-9(14)5-4-6-10(12)16-13(17)11(15)8(2)18/h4-6,8,11,18H,3,7,15H2,1-2H3. The molecule has 0 saturated heterocycles. The second-order valence-electron chi connectivity index (χ2n) is 4.50. The van der Waals surface area contributed by atoms with E-state index in [0.29, 0.717) is 10.8 Å². The molecule has 2 atom stereocenters. The number of aliphatic hydroxyl groups is 1. The number of aliphatic hydroxyl groups excluding tert-OH is 1. The summed E-state index contributed by atoms with van der Waals surface area (Å²) in [6.07, 6.45) is 0.312. The molecule has 0 saturated carbocycles. The highest BCUT2D eigenvalue weighted by atomic mass is 35.5. The quantitative estimate of drug-likeness (QED) is 0.895. The fraction of sp³-hybridized carbons (Fsp3) is 0.462. The number of halogens is 1. The van der Waals surface area contributed by atoms with Crippen LogP contribution in [0, 0.1) is 0 Å². The predicted octanol–water partition coefficient (Wildman–Crippen LogP) is 2.48. The van der Waals surface area contributed by atoms with Gasteiger partial charge in [0.2, 0.25) is 0 Å². The van der Waals surface area contributed by atoms with Crippen molar-refractivity contribution in [2.75, 3.05) is 0 Å². The zero-order valence-corrected chi connectivity index (χ0v) is 11.4. The summed E-state index contributed by atoms with van der Waals surface area (Å²) in [6, 6.07) is 5.12. The van der Waals surface area contributed by atoms with Crippen LogP contribution in [0.4, 0.5) is 0 Å². The molecule has 18 heavy (non-hydrogen) atoms. The van der Waals surface area contributed by atoms with Crippen LogP contribution in [0.5, 0.6) is 0 Å². The fourth-order valence-electron chi connectivity index (χ4n) is 2.08. The second kappa shape index (κ2) is 5.26. The predicted molar refractivity (Wildman–Crippen MR) is 73.6 cm³/mol. The normalized spacial score (nSPS) is 14.9.